The van der Waals surface area contributed by atoms with E-state index < -0.39 is 13.0 Å². The van der Waals surface area contributed by atoms with Crippen molar-refractivity contribution in [1.82, 2.24) is 9.78 Å². The second-order valence-electron chi connectivity index (χ2n) is 2.64. The molecule has 0 amide bonds. The molecule has 0 radical (unpaired) electrons. The zero-order valence-electron chi connectivity index (χ0n) is 7.22. The van der Waals surface area contributed by atoms with Gasteiger partial charge in [0.25, 0.3) is 0 Å². The van der Waals surface area contributed by atoms with Crippen LogP contribution in [0.2, 0.25) is 0 Å². The lowest BCUT2D eigenvalue weighted by Crippen LogP contribution is -2.13. The van der Waals surface area contributed by atoms with Gasteiger partial charge in [-0.2, -0.15) is 5.10 Å². The Morgan fingerprint density at radius 1 is 1.54 bits per heavy atom. The highest BCUT2D eigenvalue weighted by molar-refractivity contribution is 5.07. The third kappa shape index (κ3) is 3.06. The zero-order valence-corrected chi connectivity index (χ0v) is 7.22. The van der Waals surface area contributed by atoms with Crippen LogP contribution in [-0.4, -0.2) is 16.1 Å². The van der Waals surface area contributed by atoms with Gasteiger partial charge in [0.2, 0.25) is 0 Å². The van der Waals surface area contributed by atoms with Gasteiger partial charge in [0, 0.05) is 12.7 Å². The van der Waals surface area contributed by atoms with E-state index in [2.05, 4.69) is 9.84 Å². The van der Waals surface area contributed by atoms with Crippen molar-refractivity contribution in [1.29, 1.82) is 0 Å². The van der Waals surface area contributed by atoms with Crippen LogP contribution in [0.1, 0.15) is 11.4 Å². The molecule has 0 aromatic carbocycles. The number of halogens is 3. The summed E-state index contributed by atoms with van der Waals surface area (Å²) in [6.45, 7) is 1.22. The van der Waals surface area contributed by atoms with E-state index >= 15 is 0 Å². The fourth-order valence-corrected chi connectivity index (χ4v) is 0.861. The molecule has 0 N–H and O–H groups in total. The van der Waals surface area contributed by atoms with Gasteiger partial charge < -0.3 is 0 Å². The molecule has 0 saturated carbocycles. The van der Waals surface area contributed by atoms with Crippen LogP contribution in [0.5, 0.6) is 0 Å². The molecule has 74 valence electrons. The first-order chi connectivity index (χ1) is 5.88. The van der Waals surface area contributed by atoms with Crippen molar-refractivity contribution in [2.75, 3.05) is 0 Å². The van der Waals surface area contributed by atoms with Gasteiger partial charge in [-0.05, 0) is 13.0 Å². The first-order valence-corrected chi connectivity index (χ1v) is 3.59. The van der Waals surface area contributed by atoms with Gasteiger partial charge in [0.1, 0.15) is 0 Å². The van der Waals surface area contributed by atoms with Crippen LogP contribution in [-0.2, 0) is 18.4 Å². The van der Waals surface area contributed by atoms with E-state index in [0.717, 1.165) is 5.69 Å². The molecular weight excluding hydrogens is 185 g/mol. The Kier molecular flexibility index (Phi) is 2.60. The minimum absolute atomic E-state index is 0.275. The van der Waals surface area contributed by atoms with Crippen LogP contribution in [0.15, 0.2) is 6.07 Å². The van der Waals surface area contributed by atoms with Crippen LogP contribution in [0.3, 0.4) is 0 Å². The molecule has 0 aliphatic rings. The minimum atomic E-state index is -4.59. The van der Waals surface area contributed by atoms with Gasteiger partial charge in [-0.25, -0.2) is 0 Å². The van der Waals surface area contributed by atoms with E-state index in [9.17, 15) is 13.2 Å². The predicted molar refractivity (Wildman–Crippen MR) is 38.8 cm³/mol. The highest BCUT2D eigenvalue weighted by Crippen LogP contribution is 2.18. The fraction of sp³-hybridized carbons (Fsp3) is 0.571. The molecule has 13 heavy (non-hydrogen) atoms. The van der Waals surface area contributed by atoms with E-state index in [1.54, 1.807) is 20.0 Å². The quantitative estimate of drug-likeness (QED) is 0.717. The van der Waals surface area contributed by atoms with Crippen molar-refractivity contribution < 1.29 is 17.9 Å². The first-order valence-electron chi connectivity index (χ1n) is 3.59. The van der Waals surface area contributed by atoms with Crippen LogP contribution in [0.4, 0.5) is 13.2 Å². The van der Waals surface area contributed by atoms with Gasteiger partial charge in [0.05, 0.1) is 12.3 Å². The number of aromatic nitrogens is 2. The summed E-state index contributed by atoms with van der Waals surface area (Å²) in [5, 5.41) is 3.80. The van der Waals surface area contributed by atoms with Crippen molar-refractivity contribution in [3.8, 4) is 0 Å². The maximum Gasteiger partial charge on any atom is 0.522 e. The molecule has 1 aromatic rings. The van der Waals surface area contributed by atoms with Crippen molar-refractivity contribution in [2.24, 2.45) is 7.05 Å². The average Bonchev–Trinajstić information content (AvgIpc) is 2.27. The highest BCUT2D eigenvalue weighted by atomic mass is 19.4. The Balaban J connectivity index is 2.56. The van der Waals surface area contributed by atoms with Crippen molar-refractivity contribution >= 4 is 0 Å². The average molecular weight is 194 g/mol. The van der Waals surface area contributed by atoms with E-state index in [1.165, 1.54) is 4.68 Å². The van der Waals surface area contributed by atoms with E-state index in [-0.39, 0.29) is 5.69 Å². The lowest BCUT2D eigenvalue weighted by Gasteiger charge is -2.04. The van der Waals surface area contributed by atoms with Gasteiger partial charge in [-0.15, -0.1) is 13.2 Å². The first kappa shape index (κ1) is 10.0. The largest absolute Gasteiger partial charge is 0.522 e. The topological polar surface area (TPSA) is 27.1 Å². The Morgan fingerprint density at radius 2 is 2.15 bits per heavy atom. The summed E-state index contributed by atoms with van der Waals surface area (Å²) in [6.07, 6.45) is -4.59. The summed E-state index contributed by atoms with van der Waals surface area (Å²) in [6, 6.07) is 1.55. The smallest absolute Gasteiger partial charge is 0.285 e. The Hall–Kier alpha value is -1.04. The molecule has 0 unspecified atom stereocenters. The molecule has 0 aliphatic heterocycles. The minimum Gasteiger partial charge on any atom is -0.285 e. The Bertz CT molecular complexity index is 273. The second kappa shape index (κ2) is 3.37. The lowest BCUT2D eigenvalue weighted by atomic mass is 10.4. The molecular formula is C7H9F3N2O. The number of alkyl halides is 3. The SMILES string of the molecule is Cc1cc(COC(F)(F)F)nn1C. The molecule has 0 atom stereocenters. The zero-order chi connectivity index (χ0) is 10.1. The molecule has 0 bridgehead atoms. The summed E-state index contributed by atoms with van der Waals surface area (Å²) in [5.74, 6) is 0. The molecule has 1 aromatic heterocycles. The third-order valence-electron chi connectivity index (χ3n) is 1.55. The summed E-state index contributed by atoms with van der Waals surface area (Å²) in [4.78, 5) is 0. The number of rotatable bonds is 2. The molecule has 6 heteroatoms. The number of hydrogen-bond acceptors (Lipinski definition) is 2. The number of ether oxygens (including phenoxy) is 1. The Morgan fingerprint density at radius 3 is 2.54 bits per heavy atom. The van der Waals surface area contributed by atoms with E-state index in [0.29, 0.717) is 0 Å². The highest BCUT2D eigenvalue weighted by Gasteiger charge is 2.29. The molecule has 0 aliphatic carbocycles. The van der Waals surface area contributed by atoms with Crippen LogP contribution in [0, 0.1) is 6.92 Å². The molecule has 1 rings (SSSR count). The normalized spacial score (nSPS) is 12.1. The monoisotopic (exact) mass is 194 g/mol. The number of nitrogens with zero attached hydrogens (tertiary/aromatic N) is 2. The third-order valence-corrected chi connectivity index (χ3v) is 1.55. The number of hydrogen-bond donors (Lipinski definition) is 0. The van der Waals surface area contributed by atoms with Crippen LogP contribution >= 0.6 is 0 Å². The lowest BCUT2D eigenvalue weighted by molar-refractivity contribution is -0.330. The van der Waals surface area contributed by atoms with Crippen molar-refractivity contribution in [3.05, 3.63) is 17.5 Å². The van der Waals surface area contributed by atoms with Gasteiger partial charge in [0.15, 0.2) is 0 Å². The second-order valence-corrected chi connectivity index (χ2v) is 2.64. The van der Waals surface area contributed by atoms with E-state index in [4.69, 9.17) is 0 Å². The van der Waals surface area contributed by atoms with Crippen molar-refractivity contribution in [2.45, 2.75) is 19.9 Å². The molecule has 3 nitrogen and oxygen atoms in total. The standard InChI is InChI=1S/C7H9F3N2O/c1-5-3-6(11-12(5)2)4-13-7(8,9)10/h3H,4H2,1-2H3. The summed E-state index contributed by atoms with van der Waals surface area (Å²) in [5.41, 5.74) is 1.07. The molecule has 0 spiro atoms. The van der Waals surface area contributed by atoms with Gasteiger partial charge in [-0.3, -0.25) is 9.42 Å². The molecule has 0 saturated heterocycles. The predicted octanol–water partition coefficient (Wildman–Crippen LogP) is 1.76. The summed E-state index contributed by atoms with van der Waals surface area (Å²) >= 11 is 0. The van der Waals surface area contributed by atoms with Crippen LogP contribution in [0.25, 0.3) is 0 Å². The summed E-state index contributed by atoms with van der Waals surface area (Å²) in [7, 11) is 1.66. The fourth-order valence-electron chi connectivity index (χ4n) is 0.861. The maximum atomic E-state index is 11.6. The maximum absolute atomic E-state index is 11.6. The number of aryl methyl sites for hydroxylation is 2. The molecule has 1 heterocycles. The van der Waals surface area contributed by atoms with Gasteiger partial charge >= 0.3 is 6.36 Å². The summed E-state index contributed by atoms with van der Waals surface area (Å²) < 4.78 is 39.9. The van der Waals surface area contributed by atoms with Gasteiger partial charge in [-0.1, -0.05) is 0 Å². The van der Waals surface area contributed by atoms with E-state index in [1.807, 2.05) is 0 Å². The van der Waals surface area contributed by atoms with Crippen molar-refractivity contribution in [3.63, 3.8) is 0 Å². The van der Waals surface area contributed by atoms with Crippen LogP contribution < -0.4 is 0 Å². The molecule has 0 fully saturated rings. The Labute approximate surface area is 73.1 Å².